The fraction of sp³-hybridized carbons (Fsp3) is 0.200. The van der Waals surface area contributed by atoms with Gasteiger partial charge in [0.1, 0.15) is 0 Å². The largest absolute Gasteiger partial charge is 0.493 e. The lowest BCUT2D eigenvalue weighted by molar-refractivity contribution is 0.358. The number of aromatic nitrogens is 1. The molecule has 0 aliphatic heterocycles. The summed E-state index contributed by atoms with van der Waals surface area (Å²) in [6.45, 7) is 0. The molecule has 0 aliphatic rings. The summed E-state index contributed by atoms with van der Waals surface area (Å²) in [7, 11) is 3.24. The highest BCUT2D eigenvalue weighted by Crippen LogP contribution is 2.33. The molecule has 0 saturated heterocycles. The number of hydrogen-bond donors (Lipinski definition) is 1. The molecule has 1 radical (unpaired) electrons. The topological polar surface area (TPSA) is 34.2 Å². The minimum absolute atomic E-state index is 0.723. The van der Waals surface area contributed by atoms with Gasteiger partial charge in [0.2, 0.25) is 0 Å². The SMILES string of the molecule is COc1ccc2c[c][nH]c2c1OC. The molecule has 0 aliphatic carbocycles. The van der Waals surface area contributed by atoms with Crippen LogP contribution < -0.4 is 9.47 Å². The molecule has 3 heteroatoms. The molecule has 0 bridgehead atoms. The Morgan fingerprint density at radius 1 is 1.23 bits per heavy atom. The molecule has 1 aromatic carbocycles. The van der Waals surface area contributed by atoms with Crippen molar-refractivity contribution in [2.24, 2.45) is 0 Å². The zero-order chi connectivity index (χ0) is 9.26. The highest BCUT2D eigenvalue weighted by atomic mass is 16.5. The summed E-state index contributed by atoms with van der Waals surface area (Å²) in [6, 6.07) is 5.71. The van der Waals surface area contributed by atoms with Gasteiger partial charge in [-0.2, -0.15) is 0 Å². The Morgan fingerprint density at radius 3 is 2.77 bits per heavy atom. The van der Waals surface area contributed by atoms with Gasteiger partial charge in [0.15, 0.2) is 11.5 Å². The maximum Gasteiger partial charge on any atom is 0.184 e. The summed E-state index contributed by atoms with van der Waals surface area (Å²) in [5, 5.41) is 1.07. The molecule has 0 atom stereocenters. The van der Waals surface area contributed by atoms with Gasteiger partial charge in [-0.3, -0.25) is 0 Å². The lowest BCUT2D eigenvalue weighted by Gasteiger charge is -2.07. The first-order chi connectivity index (χ1) is 6.36. The van der Waals surface area contributed by atoms with E-state index in [1.165, 1.54) is 0 Å². The Morgan fingerprint density at radius 2 is 2.08 bits per heavy atom. The smallest absolute Gasteiger partial charge is 0.184 e. The Kier molecular flexibility index (Phi) is 1.85. The molecule has 13 heavy (non-hydrogen) atoms. The van der Waals surface area contributed by atoms with Crippen LogP contribution in [-0.4, -0.2) is 19.2 Å². The van der Waals surface area contributed by atoms with Crippen LogP contribution >= 0.6 is 0 Å². The number of benzene rings is 1. The van der Waals surface area contributed by atoms with E-state index in [2.05, 4.69) is 11.2 Å². The first-order valence-electron chi connectivity index (χ1n) is 3.96. The summed E-state index contributed by atoms with van der Waals surface area (Å²) >= 11 is 0. The standard InChI is InChI=1S/C10H10NO2/c1-12-8-4-3-7-5-6-11-9(7)10(8)13-2/h3-5,11H,1-2H3. The van der Waals surface area contributed by atoms with E-state index in [-0.39, 0.29) is 0 Å². The second kappa shape index (κ2) is 3.01. The van der Waals surface area contributed by atoms with Gasteiger partial charge in [0.05, 0.1) is 25.9 Å². The molecule has 0 spiro atoms. The molecule has 1 aromatic heterocycles. The number of aromatic amines is 1. The highest BCUT2D eigenvalue weighted by molar-refractivity contribution is 5.87. The van der Waals surface area contributed by atoms with E-state index in [1.54, 1.807) is 14.2 Å². The van der Waals surface area contributed by atoms with Crippen molar-refractivity contribution in [2.75, 3.05) is 14.2 Å². The highest BCUT2D eigenvalue weighted by Gasteiger charge is 2.08. The first kappa shape index (κ1) is 7.98. The third-order valence-corrected chi connectivity index (χ3v) is 2.00. The first-order valence-corrected chi connectivity index (χ1v) is 3.96. The second-order valence-corrected chi connectivity index (χ2v) is 2.68. The average Bonchev–Trinajstić information content (AvgIpc) is 2.63. The summed E-state index contributed by atoms with van der Waals surface area (Å²) in [5.41, 5.74) is 0.918. The van der Waals surface area contributed by atoms with Crippen LogP contribution in [0.5, 0.6) is 11.5 Å². The molecule has 2 rings (SSSR count). The molecule has 3 nitrogen and oxygen atoms in total. The van der Waals surface area contributed by atoms with E-state index in [0.29, 0.717) is 0 Å². The van der Waals surface area contributed by atoms with E-state index >= 15 is 0 Å². The second-order valence-electron chi connectivity index (χ2n) is 2.68. The minimum atomic E-state index is 0.723. The van der Waals surface area contributed by atoms with Crippen molar-refractivity contribution in [2.45, 2.75) is 0 Å². The molecular formula is C10H10NO2. The maximum atomic E-state index is 5.23. The van der Waals surface area contributed by atoms with Crippen molar-refractivity contribution in [3.63, 3.8) is 0 Å². The van der Waals surface area contributed by atoms with Crippen LogP contribution in [0.3, 0.4) is 0 Å². The molecule has 0 unspecified atom stereocenters. The van der Waals surface area contributed by atoms with Crippen molar-refractivity contribution < 1.29 is 9.47 Å². The van der Waals surface area contributed by atoms with Crippen molar-refractivity contribution in [3.05, 3.63) is 24.4 Å². The van der Waals surface area contributed by atoms with Gasteiger partial charge in [-0.1, -0.05) is 0 Å². The zero-order valence-electron chi connectivity index (χ0n) is 7.55. The lowest BCUT2D eigenvalue weighted by Crippen LogP contribution is -1.90. The number of H-pyrrole nitrogens is 1. The van der Waals surface area contributed by atoms with E-state index in [0.717, 1.165) is 22.4 Å². The molecule has 0 amide bonds. The van der Waals surface area contributed by atoms with Crippen LogP contribution in [0.25, 0.3) is 10.9 Å². The minimum Gasteiger partial charge on any atom is -0.493 e. The van der Waals surface area contributed by atoms with Crippen LogP contribution in [0, 0.1) is 6.20 Å². The van der Waals surface area contributed by atoms with Crippen LogP contribution in [-0.2, 0) is 0 Å². The van der Waals surface area contributed by atoms with E-state index < -0.39 is 0 Å². The van der Waals surface area contributed by atoms with Gasteiger partial charge in [0.25, 0.3) is 0 Å². The van der Waals surface area contributed by atoms with E-state index in [1.807, 2.05) is 18.2 Å². The van der Waals surface area contributed by atoms with E-state index in [4.69, 9.17) is 9.47 Å². The summed E-state index contributed by atoms with van der Waals surface area (Å²) in [6.07, 6.45) is 2.90. The van der Waals surface area contributed by atoms with Crippen LogP contribution in [0.2, 0.25) is 0 Å². The van der Waals surface area contributed by atoms with Gasteiger partial charge < -0.3 is 14.5 Å². The Hall–Kier alpha value is -1.64. The van der Waals surface area contributed by atoms with Crippen LogP contribution in [0.1, 0.15) is 0 Å². The normalized spacial score (nSPS) is 10.3. The van der Waals surface area contributed by atoms with Crippen molar-refractivity contribution in [3.8, 4) is 11.5 Å². The lowest BCUT2D eigenvalue weighted by atomic mass is 10.2. The van der Waals surface area contributed by atoms with Crippen LogP contribution in [0.15, 0.2) is 18.2 Å². The molecule has 2 aromatic rings. The summed E-state index contributed by atoms with van der Waals surface area (Å²) in [5.74, 6) is 1.45. The summed E-state index contributed by atoms with van der Waals surface area (Å²) in [4.78, 5) is 2.98. The van der Waals surface area contributed by atoms with Crippen molar-refractivity contribution in [1.29, 1.82) is 0 Å². The van der Waals surface area contributed by atoms with Gasteiger partial charge in [-0.25, -0.2) is 0 Å². The summed E-state index contributed by atoms with van der Waals surface area (Å²) < 4.78 is 10.4. The van der Waals surface area contributed by atoms with Crippen molar-refractivity contribution in [1.82, 2.24) is 4.98 Å². The van der Waals surface area contributed by atoms with Gasteiger partial charge in [-0.15, -0.1) is 0 Å². The van der Waals surface area contributed by atoms with Gasteiger partial charge in [-0.05, 0) is 18.2 Å². The number of rotatable bonds is 2. The number of methoxy groups -OCH3 is 2. The van der Waals surface area contributed by atoms with E-state index in [9.17, 15) is 0 Å². The Labute approximate surface area is 76.3 Å². The van der Waals surface area contributed by atoms with Crippen molar-refractivity contribution >= 4 is 10.9 Å². The predicted octanol–water partition coefficient (Wildman–Crippen LogP) is 1.99. The Balaban J connectivity index is 2.74. The number of hydrogen-bond acceptors (Lipinski definition) is 2. The predicted molar refractivity (Wildman–Crippen MR) is 50.2 cm³/mol. The average molecular weight is 176 g/mol. The molecule has 1 N–H and O–H groups in total. The molecule has 0 fully saturated rings. The third kappa shape index (κ3) is 1.13. The number of ether oxygens (including phenoxy) is 2. The molecule has 67 valence electrons. The number of fused-ring (bicyclic) bond motifs is 1. The quantitative estimate of drug-likeness (QED) is 0.759. The monoisotopic (exact) mass is 176 g/mol. The van der Waals surface area contributed by atoms with Gasteiger partial charge >= 0.3 is 0 Å². The van der Waals surface area contributed by atoms with Gasteiger partial charge in [0, 0.05) is 5.39 Å². The molecule has 0 saturated carbocycles. The zero-order valence-corrected chi connectivity index (χ0v) is 7.55. The third-order valence-electron chi connectivity index (χ3n) is 2.00. The fourth-order valence-electron chi connectivity index (χ4n) is 1.38. The fourth-order valence-corrected chi connectivity index (χ4v) is 1.38. The molecule has 1 heterocycles. The maximum absolute atomic E-state index is 5.23. The Bertz CT molecular complexity index is 420. The van der Waals surface area contributed by atoms with Crippen LogP contribution in [0.4, 0.5) is 0 Å². The molecular weight excluding hydrogens is 166 g/mol. The number of nitrogens with one attached hydrogen (secondary N) is 1.